The molecular weight excluding hydrogens is 558 g/mol. The second-order valence-electron chi connectivity index (χ2n) is 11.1. The van der Waals surface area contributed by atoms with E-state index in [0.29, 0.717) is 35.7 Å². The first kappa shape index (κ1) is 28.9. The van der Waals surface area contributed by atoms with Crippen LogP contribution in [0.4, 0.5) is 8.78 Å². The van der Waals surface area contributed by atoms with E-state index in [0.717, 1.165) is 32.5 Å². The number of aromatic nitrogens is 2. The van der Waals surface area contributed by atoms with Gasteiger partial charge >= 0.3 is 6.61 Å². The Labute approximate surface area is 248 Å². The minimum atomic E-state index is -3.12. The van der Waals surface area contributed by atoms with Crippen molar-refractivity contribution in [2.45, 2.75) is 44.6 Å². The number of fused-ring (bicyclic) bond motifs is 1. The van der Waals surface area contributed by atoms with E-state index in [1.165, 1.54) is 18.7 Å². The highest BCUT2D eigenvalue weighted by Gasteiger charge is 2.30. The lowest BCUT2D eigenvalue weighted by Gasteiger charge is -2.36. The lowest BCUT2D eigenvalue weighted by molar-refractivity contribution is -0.0502. The van der Waals surface area contributed by atoms with Crippen molar-refractivity contribution in [3.8, 4) is 28.5 Å². The number of aliphatic hydroxyl groups is 1. The minimum Gasteiger partial charge on any atom is -0.496 e. The fourth-order valence-electron chi connectivity index (χ4n) is 5.51. The molecule has 43 heavy (non-hydrogen) atoms. The molecule has 1 aliphatic carbocycles. The zero-order chi connectivity index (χ0) is 29.9. The molecule has 1 amide bonds. The van der Waals surface area contributed by atoms with E-state index < -0.39 is 18.6 Å². The number of hydrogen-bond donors (Lipinski definition) is 2. The van der Waals surface area contributed by atoms with Gasteiger partial charge in [-0.05, 0) is 43.0 Å². The number of nitrogens with one attached hydrogen (secondary N) is 1. The van der Waals surface area contributed by atoms with Crippen LogP contribution in [0.2, 0.25) is 0 Å². The molecule has 4 aromatic rings. The van der Waals surface area contributed by atoms with Gasteiger partial charge in [0.1, 0.15) is 28.5 Å². The lowest BCUT2D eigenvalue weighted by Crippen LogP contribution is -2.45. The zero-order valence-electron chi connectivity index (χ0n) is 23.8. The molecule has 1 saturated carbocycles. The number of piperidine rings is 1. The number of methoxy groups -OCH3 is 1. The van der Waals surface area contributed by atoms with Crippen LogP contribution in [0.15, 0.2) is 67.0 Å². The number of rotatable bonds is 11. The first-order valence-corrected chi connectivity index (χ1v) is 14.4. The molecule has 2 aliphatic rings. The number of imidazole rings is 1. The Morgan fingerprint density at radius 3 is 2.65 bits per heavy atom. The summed E-state index contributed by atoms with van der Waals surface area (Å²) < 4.78 is 44.8. The van der Waals surface area contributed by atoms with Crippen LogP contribution in [0.3, 0.4) is 0 Å². The SMILES string of the molecule is COc1cc(-c2cnc3cc(OC[C@@H]4CN(Cc5ccccc5)CC[C@H]4O)ccn23)cc(OC(F)F)c1C(=O)NC1CC1. The number of nitrogens with zero attached hydrogens (tertiary/aromatic N) is 3. The van der Waals surface area contributed by atoms with Crippen LogP contribution in [-0.4, -0.2) is 70.9 Å². The van der Waals surface area contributed by atoms with Gasteiger partial charge < -0.3 is 24.6 Å². The van der Waals surface area contributed by atoms with E-state index in [-0.39, 0.29) is 29.0 Å². The third-order valence-corrected chi connectivity index (χ3v) is 7.91. The van der Waals surface area contributed by atoms with Crippen LogP contribution in [0.1, 0.15) is 35.2 Å². The van der Waals surface area contributed by atoms with Gasteiger partial charge in [0, 0.05) is 49.4 Å². The number of likely N-dealkylation sites (tertiary alicyclic amines) is 1. The summed E-state index contributed by atoms with van der Waals surface area (Å²) in [6, 6.07) is 16.9. The van der Waals surface area contributed by atoms with Gasteiger partial charge in [0.15, 0.2) is 0 Å². The van der Waals surface area contributed by atoms with Gasteiger partial charge in [0.25, 0.3) is 5.91 Å². The van der Waals surface area contributed by atoms with Crippen molar-refractivity contribution in [1.82, 2.24) is 19.6 Å². The first-order valence-electron chi connectivity index (χ1n) is 14.4. The number of carbonyl (C=O) groups excluding carboxylic acids is 1. The highest BCUT2D eigenvalue weighted by atomic mass is 19.3. The number of amides is 1. The molecule has 3 heterocycles. The summed E-state index contributed by atoms with van der Waals surface area (Å²) in [6.07, 6.45) is 5.32. The highest BCUT2D eigenvalue weighted by Crippen LogP contribution is 2.37. The Hall–Kier alpha value is -4.22. The summed E-state index contributed by atoms with van der Waals surface area (Å²) in [5.41, 5.74) is 2.82. The lowest BCUT2D eigenvalue weighted by atomic mass is 9.95. The highest BCUT2D eigenvalue weighted by molar-refractivity contribution is 6.01. The molecular formula is C32H34F2N4O5. The Balaban J connectivity index is 1.19. The zero-order valence-corrected chi connectivity index (χ0v) is 23.8. The maximum absolute atomic E-state index is 13.4. The molecule has 0 unspecified atom stereocenters. The van der Waals surface area contributed by atoms with Gasteiger partial charge in [0.2, 0.25) is 0 Å². The monoisotopic (exact) mass is 592 g/mol. The molecule has 2 N–H and O–H groups in total. The summed E-state index contributed by atoms with van der Waals surface area (Å²) in [4.78, 5) is 19.7. The molecule has 6 rings (SSSR count). The van der Waals surface area contributed by atoms with Gasteiger partial charge in [-0.25, -0.2) is 4.98 Å². The number of pyridine rings is 1. The van der Waals surface area contributed by atoms with Crippen molar-refractivity contribution in [2.24, 2.45) is 5.92 Å². The van der Waals surface area contributed by atoms with Crippen molar-refractivity contribution in [1.29, 1.82) is 0 Å². The van der Waals surface area contributed by atoms with E-state index in [2.05, 4.69) is 27.3 Å². The summed E-state index contributed by atoms with van der Waals surface area (Å²) in [5, 5.41) is 13.4. The number of hydrogen-bond acceptors (Lipinski definition) is 7. The third-order valence-electron chi connectivity index (χ3n) is 7.91. The Kier molecular flexibility index (Phi) is 8.44. The second kappa shape index (κ2) is 12.6. The predicted octanol–water partition coefficient (Wildman–Crippen LogP) is 4.77. The Morgan fingerprint density at radius 2 is 1.91 bits per heavy atom. The number of carbonyl (C=O) groups is 1. The van der Waals surface area contributed by atoms with E-state index in [9.17, 15) is 18.7 Å². The van der Waals surface area contributed by atoms with Crippen LogP contribution in [-0.2, 0) is 6.54 Å². The molecule has 2 fully saturated rings. The fraction of sp³-hybridized carbons (Fsp3) is 0.375. The standard InChI is InChI=1S/C32H34F2N4O5/c1-41-27-13-21(14-28(43-32(33)34)30(27)31(40)36-23-7-8-23)25-16-35-29-15-24(9-12-38(25)29)42-19-22-18-37(11-10-26(22)39)17-20-5-3-2-4-6-20/h2-6,9,12-16,22-23,26,32,39H,7-8,10-11,17-19H2,1H3,(H,36,40)/t22-,26+/m0/s1. The van der Waals surface area contributed by atoms with Crippen molar-refractivity contribution >= 4 is 11.6 Å². The maximum atomic E-state index is 13.4. The van der Waals surface area contributed by atoms with Crippen LogP contribution in [0.25, 0.3) is 16.9 Å². The molecule has 0 radical (unpaired) electrons. The molecule has 2 aromatic heterocycles. The van der Waals surface area contributed by atoms with Crippen molar-refractivity contribution in [3.05, 3.63) is 78.1 Å². The molecule has 1 aliphatic heterocycles. The predicted molar refractivity (Wildman–Crippen MR) is 156 cm³/mol. The van der Waals surface area contributed by atoms with Gasteiger partial charge in [-0.1, -0.05) is 30.3 Å². The average Bonchev–Trinajstić information content (AvgIpc) is 3.71. The molecule has 9 nitrogen and oxygen atoms in total. The van der Waals surface area contributed by atoms with E-state index >= 15 is 0 Å². The maximum Gasteiger partial charge on any atom is 0.387 e. The first-order chi connectivity index (χ1) is 20.9. The number of benzene rings is 2. The molecule has 2 atom stereocenters. The Bertz CT molecular complexity index is 1580. The van der Waals surface area contributed by atoms with Gasteiger partial charge in [-0.2, -0.15) is 8.78 Å². The minimum absolute atomic E-state index is 0.0288. The van der Waals surface area contributed by atoms with Crippen LogP contribution < -0.4 is 19.5 Å². The largest absolute Gasteiger partial charge is 0.496 e. The van der Waals surface area contributed by atoms with E-state index in [4.69, 9.17) is 14.2 Å². The number of aliphatic hydroxyl groups excluding tert-OH is 1. The third kappa shape index (κ3) is 6.73. The van der Waals surface area contributed by atoms with Gasteiger partial charge in [-0.15, -0.1) is 0 Å². The molecule has 226 valence electrons. The second-order valence-corrected chi connectivity index (χ2v) is 11.1. The Morgan fingerprint density at radius 1 is 1.12 bits per heavy atom. The average molecular weight is 593 g/mol. The smallest absolute Gasteiger partial charge is 0.387 e. The molecule has 2 aromatic carbocycles. The summed E-state index contributed by atoms with van der Waals surface area (Å²) >= 11 is 0. The van der Waals surface area contributed by atoms with Crippen molar-refractivity contribution in [2.75, 3.05) is 26.8 Å². The normalized spacial score (nSPS) is 19.0. The van der Waals surface area contributed by atoms with E-state index in [1.807, 2.05) is 18.2 Å². The molecule has 0 spiro atoms. The van der Waals surface area contributed by atoms with E-state index in [1.54, 1.807) is 35.0 Å². The summed E-state index contributed by atoms with van der Waals surface area (Å²) in [6.45, 7) is -0.385. The molecule has 0 bridgehead atoms. The summed E-state index contributed by atoms with van der Waals surface area (Å²) in [5.74, 6) is -0.116. The van der Waals surface area contributed by atoms with Crippen molar-refractivity contribution < 1.29 is 32.9 Å². The number of halogens is 2. The van der Waals surface area contributed by atoms with Gasteiger partial charge in [0.05, 0.1) is 31.7 Å². The topological polar surface area (TPSA) is 97.6 Å². The van der Waals surface area contributed by atoms with Crippen LogP contribution in [0, 0.1) is 5.92 Å². The summed E-state index contributed by atoms with van der Waals surface area (Å²) in [7, 11) is 1.38. The molecule has 11 heteroatoms. The number of alkyl halides is 2. The fourth-order valence-corrected chi connectivity index (χ4v) is 5.51. The quantitative estimate of drug-likeness (QED) is 0.259. The van der Waals surface area contributed by atoms with Gasteiger partial charge in [-0.3, -0.25) is 14.1 Å². The molecule has 1 saturated heterocycles. The van der Waals surface area contributed by atoms with Crippen molar-refractivity contribution in [3.63, 3.8) is 0 Å². The van der Waals surface area contributed by atoms with Crippen LogP contribution in [0.5, 0.6) is 17.2 Å². The van der Waals surface area contributed by atoms with Crippen LogP contribution >= 0.6 is 0 Å². The number of ether oxygens (including phenoxy) is 3.